The molecule has 2 amide bonds. The van der Waals surface area contributed by atoms with Gasteiger partial charge in [-0.05, 0) is 37.1 Å². The van der Waals surface area contributed by atoms with Gasteiger partial charge in [-0.1, -0.05) is 0 Å². The third kappa shape index (κ3) is 6.99. The van der Waals surface area contributed by atoms with Crippen LogP contribution in [-0.4, -0.2) is 68.2 Å². The number of piperazine rings is 1. The van der Waals surface area contributed by atoms with E-state index in [-0.39, 0.29) is 55.0 Å². The van der Waals surface area contributed by atoms with E-state index in [0.717, 1.165) is 12.1 Å². The molecule has 2 atom stereocenters. The minimum atomic E-state index is -0.451. The zero-order chi connectivity index (χ0) is 19.2. The van der Waals surface area contributed by atoms with Crippen LogP contribution in [0.1, 0.15) is 19.3 Å². The summed E-state index contributed by atoms with van der Waals surface area (Å²) < 4.78 is 18.6. The first-order valence-electron chi connectivity index (χ1n) is 9.48. The van der Waals surface area contributed by atoms with Crippen LogP contribution < -0.4 is 16.0 Å². The highest BCUT2D eigenvalue weighted by atomic mass is 35.5. The molecule has 0 bridgehead atoms. The van der Waals surface area contributed by atoms with Crippen molar-refractivity contribution in [2.45, 2.75) is 31.5 Å². The molecule has 2 fully saturated rings. The molecule has 2 aliphatic heterocycles. The van der Waals surface area contributed by atoms with Gasteiger partial charge in [0.25, 0.3) is 0 Å². The summed E-state index contributed by atoms with van der Waals surface area (Å²) in [5, 5.41) is 2.78. The lowest BCUT2D eigenvalue weighted by Crippen LogP contribution is -2.49. The SMILES string of the molecule is Cl.Cl.NC[C@H]1CC[C@@H](C(=O)NCCC(=O)N2CCN(c3ccc(F)cc3)CC2)O1. The standard InChI is InChI=1S/C19H27FN4O3.2ClH/c20-14-1-3-15(4-2-14)23-9-11-24(12-10-23)18(25)7-8-22-19(26)17-6-5-16(13-21)27-17;;/h1-4,16-17H,5-13,21H2,(H,22,26);2*1H/t16-,17+;;/m1../s1. The summed E-state index contributed by atoms with van der Waals surface area (Å²) in [7, 11) is 0. The van der Waals surface area contributed by atoms with Crippen LogP contribution in [-0.2, 0) is 14.3 Å². The highest BCUT2D eigenvalue weighted by Crippen LogP contribution is 2.19. The molecule has 0 saturated carbocycles. The number of nitrogens with one attached hydrogen (secondary N) is 1. The predicted molar refractivity (Wildman–Crippen MR) is 114 cm³/mol. The highest BCUT2D eigenvalue weighted by molar-refractivity contribution is 5.85. The van der Waals surface area contributed by atoms with Crippen molar-refractivity contribution in [3.05, 3.63) is 30.1 Å². The number of carbonyl (C=O) groups is 2. The lowest BCUT2D eigenvalue weighted by atomic mass is 10.2. The largest absolute Gasteiger partial charge is 0.368 e. The van der Waals surface area contributed by atoms with Gasteiger partial charge in [0.1, 0.15) is 11.9 Å². The Morgan fingerprint density at radius 2 is 1.76 bits per heavy atom. The Balaban J connectivity index is 0.00000210. The molecule has 29 heavy (non-hydrogen) atoms. The number of benzene rings is 1. The topological polar surface area (TPSA) is 87.9 Å². The second-order valence-electron chi connectivity index (χ2n) is 6.95. The van der Waals surface area contributed by atoms with Crippen LogP contribution in [0.3, 0.4) is 0 Å². The quantitative estimate of drug-likeness (QED) is 0.682. The molecule has 3 N–H and O–H groups in total. The first-order chi connectivity index (χ1) is 13.1. The van der Waals surface area contributed by atoms with Crippen molar-refractivity contribution in [3.8, 4) is 0 Å². The van der Waals surface area contributed by atoms with E-state index in [1.165, 1.54) is 12.1 Å². The molecular formula is C19H29Cl2FN4O3. The molecule has 0 aromatic heterocycles. The van der Waals surface area contributed by atoms with E-state index in [0.29, 0.717) is 45.7 Å². The van der Waals surface area contributed by atoms with E-state index >= 15 is 0 Å². The maximum absolute atomic E-state index is 13.0. The molecule has 0 unspecified atom stereocenters. The number of amides is 2. The van der Waals surface area contributed by atoms with Crippen molar-refractivity contribution in [2.24, 2.45) is 5.73 Å². The van der Waals surface area contributed by atoms with Crippen LogP contribution >= 0.6 is 24.8 Å². The molecule has 7 nitrogen and oxygen atoms in total. The fourth-order valence-corrected chi connectivity index (χ4v) is 3.50. The van der Waals surface area contributed by atoms with Crippen molar-refractivity contribution in [1.29, 1.82) is 0 Å². The number of carbonyl (C=O) groups excluding carboxylic acids is 2. The minimum absolute atomic E-state index is 0. The summed E-state index contributed by atoms with van der Waals surface area (Å²) in [6.07, 6.45) is 1.25. The Hall–Kier alpha value is -1.61. The Morgan fingerprint density at radius 1 is 1.10 bits per heavy atom. The van der Waals surface area contributed by atoms with E-state index in [1.807, 2.05) is 4.90 Å². The number of ether oxygens (including phenoxy) is 1. The molecule has 0 aliphatic carbocycles. The van der Waals surface area contributed by atoms with Crippen molar-refractivity contribution in [2.75, 3.05) is 44.2 Å². The molecule has 10 heteroatoms. The number of anilines is 1. The number of nitrogens with two attached hydrogens (primary N) is 1. The molecule has 2 aliphatic rings. The van der Waals surface area contributed by atoms with Gasteiger partial charge in [0.05, 0.1) is 6.10 Å². The highest BCUT2D eigenvalue weighted by Gasteiger charge is 2.29. The smallest absolute Gasteiger partial charge is 0.249 e. The Labute approximate surface area is 182 Å². The molecule has 2 saturated heterocycles. The summed E-state index contributed by atoms with van der Waals surface area (Å²) in [6.45, 7) is 3.39. The maximum atomic E-state index is 13.0. The zero-order valence-electron chi connectivity index (χ0n) is 16.2. The van der Waals surface area contributed by atoms with Gasteiger partial charge < -0.3 is 25.6 Å². The van der Waals surface area contributed by atoms with Gasteiger partial charge in [-0.2, -0.15) is 0 Å². The number of nitrogens with zero attached hydrogens (tertiary/aromatic N) is 2. The van der Waals surface area contributed by atoms with E-state index in [1.54, 1.807) is 12.1 Å². The van der Waals surface area contributed by atoms with Crippen LogP contribution in [0, 0.1) is 5.82 Å². The van der Waals surface area contributed by atoms with E-state index in [2.05, 4.69) is 10.2 Å². The summed E-state index contributed by atoms with van der Waals surface area (Å²) >= 11 is 0. The lowest BCUT2D eigenvalue weighted by Gasteiger charge is -2.36. The van der Waals surface area contributed by atoms with E-state index in [4.69, 9.17) is 10.5 Å². The minimum Gasteiger partial charge on any atom is -0.368 e. The van der Waals surface area contributed by atoms with E-state index < -0.39 is 6.10 Å². The van der Waals surface area contributed by atoms with Crippen molar-refractivity contribution in [1.82, 2.24) is 10.2 Å². The molecule has 1 aromatic carbocycles. The number of hydrogen-bond donors (Lipinski definition) is 2. The normalized spacial score (nSPS) is 21.2. The number of rotatable bonds is 6. The van der Waals surface area contributed by atoms with Gasteiger partial charge in [-0.25, -0.2) is 4.39 Å². The van der Waals surface area contributed by atoms with E-state index in [9.17, 15) is 14.0 Å². The van der Waals surface area contributed by atoms with Crippen LogP contribution in [0.5, 0.6) is 0 Å². The van der Waals surface area contributed by atoms with Gasteiger partial charge in [-0.3, -0.25) is 9.59 Å². The molecule has 0 radical (unpaired) electrons. The maximum Gasteiger partial charge on any atom is 0.249 e. The van der Waals surface area contributed by atoms with Crippen LogP contribution in [0.2, 0.25) is 0 Å². The Morgan fingerprint density at radius 3 is 2.34 bits per heavy atom. The average molecular weight is 451 g/mol. The summed E-state index contributed by atoms with van der Waals surface area (Å²) in [5.74, 6) is -0.391. The van der Waals surface area contributed by atoms with Gasteiger partial charge in [0.2, 0.25) is 11.8 Å². The third-order valence-corrected chi connectivity index (χ3v) is 5.13. The van der Waals surface area contributed by atoms with Crippen LogP contribution in [0.4, 0.5) is 10.1 Å². The molecule has 164 valence electrons. The Bertz CT molecular complexity index is 657. The first-order valence-corrected chi connectivity index (χ1v) is 9.48. The van der Waals surface area contributed by atoms with Crippen molar-refractivity contribution >= 4 is 42.3 Å². The van der Waals surface area contributed by atoms with Gasteiger partial charge in [-0.15, -0.1) is 24.8 Å². The van der Waals surface area contributed by atoms with Crippen LogP contribution in [0.15, 0.2) is 24.3 Å². The summed E-state index contributed by atoms with van der Waals surface area (Å²) in [4.78, 5) is 28.3. The third-order valence-electron chi connectivity index (χ3n) is 5.13. The lowest BCUT2D eigenvalue weighted by molar-refractivity contribution is -0.133. The predicted octanol–water partition coefficient (Wildman–Crippen LogP) is 1.33. The monoisotopic (exact) mass is 450 g/mol. The summed E-state index contributed by atoms with van der Waals surface area (Å²) in [6, 6.07) is 6.39. The first kappa shape index (κ1) is 25.4. The van der Waals surface area contributed by atoms with Gasteiger partial charge in [0, 0.05) is 51.4 Å². The number of hydrogen-bond acceptors (Lipinski definition) is 5. The Kier molecular flexibility index (Phi) is 10.7. The number of halogens is 3. The molecular weight excluding hydrogens is 422 g/mol. The summed E-state index contributed by atoms with van der Waals surface area (Å²) in [5.41, 5.74) is 6.51. The van der Waals surface area contributed by atoms with Gasteiger partial charge >= 0.3 is 0 Å². The average Bonchev–Trinajstić information content (AvgIpc) is 3.18. The molecule has 0 spiro atoms. The second kappa shape index (κ2) is 12.2. The fraction of sp³-hybridized carbons (Fsp3) is 0.579. The zero-order valence-corrected chi connectivity index (χ0v) is 17.9. The molecule has 3 rings (SSSR count). The van der Waals surface area contributed by atoms with Crippen LogP contribution in [0.25, 0.3) is 0 Å². The molecule has 2 heterocycles. The fourth-order valence-electron chi connectivity index (χ4n) is 3.50. The van der Waals surface area contributed by atoms with Crippen molar-refractivity contribution in [3.63, 3.8) is 0 Å². The van der Waals surface area contributed by atoms with Gasteiger partial charge in [0.15, 0.2) is 0 Å². The van der Waals surface area contributed by atoms with Crippen molar-refractivity contribution < 1.29 is 18.7 Å². The second-order valence-corrected chi connectivity index (χ2v) is 6.95. The molecule has 1 aromatic rings.